The van der Waals surface area contributed by atoms with Crippen LogP contribution in [-0.2, 0) is 6.42 Å². The Morgan fingerprint density at radius 2 is 2.00 bits per heavy atom. The number of allylic oxidation sites excluding steroid dienone is 1. The lowest BCUT2D eigenvalue weighted by molar-refractivity contribution is 0.770. The third-order valence-electron chi connectivity index (χ3n) is 2.59. The van der Waals surface area contributed by atoms with Crippen molar-refractivity contribution in [3.63, 3.8) is 0 Å². The summed E-state index contributed by atoms with van der Waals surface area (Å²) in [6.07, 6.45) is 5.55. The van der Waals surface area contributed by atoms with E-state index < -0.39 is 0 Å². The standard InChI is InChI=1S/C12H14BrN/c13-11-4-1-9(2-5-11)7-10-3-6-12(14)8-10/h1-2,4-5,8,12H,3,6-7,14H2. The van der Waals surface area contributed by atoms with Crippen LogP contribution in [0.15, 0.2) is 40.4 Å². The van der Waals surface area contributed by atoms with Gasteiger partial charge in [0.25, 0.3) is 0 Å². The first-order chi connectivity index (χ1) is 6.74. The van der Waals surface area contributed by atoms with Gasteiger partial charge in [-0.25, -0.2) is 0 Å². The van der Waals surface area contributed by atoms with Crippen LogP contribution < -0.4 is 5.73 Å². The van der Waals surface area contributed by atoms with Crippen molar-refractivity contribution in [1.82, 2.24) is 0 Å². The molecule has 0 fully saturated rings. The van der Waals surface area contributed by atoms with Crippen LogP contribution in [0.25, 0.3) is 0 Å². The van der Waals surface area contributed by atoms with Gasteiger partial charge in [-0.1, -0.05) is 39.7 Å². The Balaban J connectivity index is 2.04. The van der Waals surface area contributed by atoms with E-state index in [1.54, 1.807) is 0 Å². The van der Waals surface area contributed by atoms with Crippen LogP contribution >= 0.6 is 15.9 Å². The summed E-state index contributed by atoms with van der Waals surface area (Å²) >= 11 is 3.43. The first-order valence-electron chi connectivity index (χ1n) is 4.93. The Labute approximate surface area is 93.1 Å². The summed E-state index contributed by atoms with van der Waals surface area (Å²) in [6, 6.07) is 8.79. The molecule has 1 aromatic carbocycles. The second-order valence-corrected chi connectivity index (χ2v) is 4.75. The Kier molecular flexibility index (Phi) is 3.04. The van der Waals surface area contributed by atoms with E-state index in [2.05, 4.69) is 46.3 Å². The normalized spacial score (nSPS) is 21.0. The minimum Gasteiger partial charge on any atom is -0.324 e. The Bertz CT molecular complexity index is 340. The zero-order valence-corrected chi connectivity index (χ0v) is 9.63. The number of rotatable bonds is 2. The van der Waals surface area contributed by atoms with Crippen molar-refractivity contribution in [2.45, 2.75) is 25.3 Å². The van der Waals surface area contributed by atoms with Crippen LogP contribution in [-0.4, -0.2) is 6.04 Å². The van der Waals surface area contributed by atoms with E-state index in [-0.39, 0.29) is 0 Å². The van der Waals surface area contributed by atoms with Crippen LogP contribution in [0.4, 0.5) is 0 Å². The molecule has 0 saturated heterocycles. The van der Waals surface area contributed by atoms with Crippen molar-refractivity contribution >= 4 is 15.9 Å². The van der Waals surface area contributed by atoms with Gasteiger partial charge in [-0.3, -0.25) is 0 Å². The average molecular weight is 252 g/mol. The summed E-state index contributed by atoms with van der Waals surface area (Å²) in [6.45, 7) is 0. The molecule has 2 heteroatoms. The minimum absolute atomic E-state index is 0.292. The maximum atomic E-state index is 5.82. The largest absolute Gasteiger partial charge is 0.324 e. The maximum Gasteiger partial charge on any atom is 0.0229 e. The Hall–Kier alpha value is -0.600. The molecule has 14 heavy (non-hydrogen) atoms. The van der Waals surface area contributed by atoms with Crippen molar-refractivity contribution < 1.29 is 0 Å². The van der Waals surface area contributed by atoms with Crippen molar-refractivity contribution in [3.05, 3.63) is 46.0 Å². The van der Waals surface area contributed by atoms with Crippen molar-refractivity contribution in [3.8, 4) is 0 Å². The van der Waals surface area contributed by atoms with Gasteiger partial charge in [0.05, 0.1) is 0 Å². The highest BCUT2D eigenvalue weighted by Gasteiger charge is 2.11. The van der Waals surface area contributed by atoms with Gasteiger partial charge in [0.1, 0.15) is 0 Å². The molecule has 0 bridgehead atoms. The molecular formula is C12H14BrN. The molecule has 2 rings (SSSR count). The number of nitrogens with two attached hydrogens (primary N) is 1. The molecule has 0 heterocycles. The zero-order valence-electron chi connectivity index (χ0n) is 8.04. The van der Waals surface area contributed by atoms with Gasteiger partial charge < -0.3 is 5.73 Å². The van der Waals surface area contributed by atoms with E-state index in [4.69, 9.17) is 5.73 Å². The van der Waals surface area contributed by atoms with Crippen molar-refractivity contribution in [1.29, 1.82) is 0 Å². The summed E-state index contributed by atoms with van der Waals surface area (Å²) in [5.41, 5.74) is 8.67. The lowest BCUT2D eigenvalue weighted by Gasteiger charge is -2.01. The second kappa shape index (κ2) is 4.28. The van der Waals surface area contributed by atoms with E-state index in [9.17, 15) is 0 Å². The molecule has 1 nitrogen and oxygen atoms in total. The van der Waals surface area contributed by atoms with E-state index >= 15 is 0 Å². The summed E-state index contributed by atoms with van der Waals surface area (Å²) in [7, 11) is 0. The highest BCUT2D eigenvalue weighted by atomic mass is 79.9. The molecule has 0 aliphatic heterocycles. The Morgan fingerprint density at radius 3 is 2.57 bits per heavy atom. The number of hydrogen-bond acceptors (Lipinski definition) is 1. The molecule has 0 saturated carbocycles. The Morgan fingerprint density at radius 1 is 1.29 bits per heavy atom. The van der Waals surface area contributed by atoms with E-state index in [0.717, 1.165) is 23.7 Å². The molecule has 0 amide bonds. The first-order valence-corrected chi connectivity index (χ1v) is 5.73. The molecule has 2 N–H and O–H groups in total. The summed E-state index contributed by atoms with van der Waals surface area (Å²) in [5, 5.41) is 0. The topological polar surface area (TPSA) is 26.0 Å². The first kappa shape index (κ1) is 9.94. The molecule has 0 aromatic heterocycles. The van der Waals surface area contributed by atoms with Crippen LogP contribution in [0.5, 0.6) is 0 Å². The highest BCUT2D eigenvalue weighted by Crippen LogP contribution is 2.21. The predicted molar refractivity (Wildman–Crippen MR) is 63.1 cm³/mol. The smallest absolute Gasteiger partial charge is 0.0229 e. The fourth-order valence-electron chi connectivity index (χ4n) is 1.83. The lowest BCUT2D eigenvalue weighted by atomic mass is 10.1. The van der Waals surface area contributed by atoms with Gasteiger partial charge in [-0.05, 0) is 37.0 Å². The quantitative estimate of drug-likeness (QED) is 0.804. The minimum atomic E-state index is 0.292. The molecule has 1 aromatic rings. The molecule has 1 aliphatic rings. The molecule has 1 unspecified atom stereocenters. The van der Waals surface area contributed by atoms with Gasteiger partial charge in [0, 0.05) is 10.5 Å². The highest BCUT2D eigenvalue weighted by molar-refractivity contribution is 9.10. The molecule has 0 radical (unpaired) electrons. The van der Waals surface area contributed by atoms with Gasteiger partial charge >= 0.3 is 0 Å². The van der Waals surface area contributed by atoms with Crippen LogP contribution in [0.2, 0.25) is 0 Å². The molecule has 74 valence electrons. The fourth-order valence-corrected chi connectivity index (χ4v) is 2.10. The molecule has 1 atom stereocenters. The SMILES string of the molecule is NC1C=C(Cc2ccc(Br)cc2)CC1. The fraction of sp³-hybridized carbons (Fsp3) is 0.333. The predicted octanol–water partition coefficient (Wildman–Crippen LogP) is 3.04. The zero-order chi connectivity index (χ0) is 9.97. The van der Waals surface area contributed by atoms with Crippen molar-refractivity contribution in [2.24, 2.45) is 5.73 Å². The van der Waals surface area contributed by atoms with Crippen LogP contribution in [0.1, 0.15) is 18.4 Å². The summed E-state index contributed by atoms with van der Waals surface area (Å²) in [5.74, 6) is 0. The van der Waals surface area contributed by atoms with E-state index in [0.29, 0.717) is 6.04 Å². The summed E-state index contributed by atoms with van der Waals surface area (Å²) < 4.78 is 1.14. The molecule has 1 aliphatic carbocycles. The number of benzene rings is 1. The third kappa shape index (κ3) is 2.46. The third-order valence-corrected chi connectivity index (χ3v) is 3.12. The monoisotopic (exact) mass is 251 g/mol. The van der Waals surface area contributed by atoms with Crippen molar-refractivity contribution in [2.75, 3.05) is 0 Å². The lowest BCUT2D eigenvalue weighted by Crippen LogP contribution is -2.11. The maximum absolute atomic E-state index is 5.82. The second-order valence-electron chi connectivity index (χ2n) is 3.83. The molecule has 0 spiro atoms. The van der Waals surface area contributed by atoms with Crippen LogP contribution in [0.3, 0.4) is 0 Å². The van der Waals surface area contributed by atoms with Gasteiger partial charge in [0.2, 0.25) is 0 Å². The van der Waals surface area contributed by atoms with Crippen LogP contribution in [0, 0.1) is 0 Å². The number of hydrogen-bond donors (Lipinski definition) is 1. The van der Waals surface area contributed by atoms with Gasteiger partial charge in [-0.15, -0.1) is 0 Å². The van der Waals surface area contributed by atoms with E-state index in [1.165, 1.54) is 11.1 Å². The van der Waals surface area contributed by atoms with Gasteiger partial charge in [-0.2, -0.15) is 0 Å². The van der Waals surface area contributed by atoms with Gasteiger partial charge in [0.15, 0.2) is 0 Å². The summed E-state index contributed by atoms with van der Waals surface area (Å²) in [4.78, 5) is 0. The number of halogens is 1. The van der Waals surface area contributed by atoms with E-state index in [1.807, 2.05) is 0 Å². The molecular weight excluding hydrogens is 238 g/mol. The average Bonchev–Trinajstić information content (AvgIpc) is 2.56.